The maximum absolute atomic E-state index is 12.5. The lowest BCUT2D eigenvalue weighted by atomic mass is 10.2. The van der Waals surface area contributed by atoms with Gasteiger partial charge in [-0.1, -0.05) is 26.0 Å². The number of fused-ring (bicyclic) bond motifs is 1. The van der Waals surface area contributed by atoms with Gasteiger partial charge in [0.2, 0.25) is 5.91 Å². The van der Waals surface area contributed by atoms with E-state index in [9.17, 15) is 9.59 Å². The number of benzene rings is 1. The molecule has 0 aliphatic rings. The van der Waals surface area contributed by atoms with E-state index >= 15 is 0 Å². The normalized spacial score (nSPS) is 11.3. The van der Waals surface area contributed by atoms with Crippen molar-refractivity contribution < 1.29 is 4.79 Å². The zero-order valence-electron chi connectivity index (χ0n) is 13.9. The Balaban J connectivity index is 1.85. The summed E-state index contributed by atoms with van der Waals surface area (Å²) in [4.78, 5) is 29.3. The summed E-state index contributed by atoms with van der Waals surface area (Å²) in [5, 5.41) is 5.29. The molecule has 0 spiro atoms. The SMILES string of the molecule is CCn1c(=O)n(CC(=O)Nc2nc(C(C)C)cs2)c2ccccc21. The van der Waals surface area contributed by atoms with Crippen molar-refractivity contribution in [2.45, 2.75) is 39.8 Å². The summed E-state index contributed by atoms with van der Waals surface area (Å²) in [7, 11) is 0. The van der Waals surface area contributed by atoms with E-state index < -0.39 is 0 Å². The first-order valence-corrected chi connectivity index (χ1v) is 8.82. The monoisotopic (exact) mass is 344 g/mol. The Morgan fingerprint density at radius 3 is 2.50 bits per heavy atom. The van der Waals surface area contributed by atoms with Gasteiger partial charge in [0.15, 0.2) is 5.13 Å². The van der Waals surface area contributed by atoms with Crippen molar-refractivity contribution in [3.8, 4) is 0 Å². The Bertz CT molecular complexity index is 936. The summed E-state index contributed by atoms with van der Waals surface area (Å²) >= 11 is 1.40. The van der Waals surface area contributed by atoms with Crippen LogP contribution < -0.4 is 11.0 Å². The number of nitrogens with zero attached hydrogens (tertiary/aromatic N) is 3. The Labute approximate surface area is 143 Å². The Kier molecular flexibility index (Phi) is 4.53. The highest BCUT2D eigenvalue weighted by molar-refractivity contribution is 7.13. The molecule has 1 amide bonds. The number of aromatic nitrogens is 3. The molecule has 24 heavy (non-hydrogen) atoms. The zero-order valence-corrected chi connectivity index (χ0v) is 14.8. The molecule has 1 aromatic carbocycles. The third kappa shape index (κ3) is 2.99. The average molecular weight is 344 g/mol. The average Bonchev–Trinajstić information content (AvgIpc) is 3.11. The smallest absolute Gasteiger partial charge is 0.300 e. The maximum atomic E-state index is 12.5. The fraction of sp³-hybridized carbons (Fsp3) is 0.353. The fourth-order valence-corrected chi connectivity index (χ4v) is 3.53. The van der Waals surface area contributed by atoms with Crippen molar-refractivity contribution in [1.82, 2.24) is 14.1 Å². The fourth-order valence-electron chi connectivity index (χ4n) is 2.64. The number of hydrogen-bond acceptors (Lipinski definition) is 4. The lowest BCUT2D eigenvalue weighted by Crippen LogP contribution is -2.29. The zero-order chi connectivity index (χ0) is 17.3. The number of amides is 1. The molecule has 7 heteroatoms. The van der Waals surface area contributed by atoms with E-state index in [4.69, 9.17) is 0 Å². The van der Waals surface area contributed by atoms with E-state index in [-0.39, 0.29) is 18.1 Å². The van der Waals surface area contributed by atoms with Crippen LogP contribution in [0.4, 0.5) is 5.13 Å². The van der Waals surface area contributed by atoms with Gasteiger partial charge in [-0.2, -0.15) is 0 Å². The van der Waals surface area contributed by atoms with Gasteiger partial charge >= 0.3 is 5.69 Å². The number of hydrogen-bond donors (Lipinski definition) is 1. The molecule has 3 aromatic rings. The first-order chi connectivity index (χ1) is 11.5. The summed E-state index contributed by atoms with van der Waals surface area (Å²) in [5.41, 5.74) is 2.39. The minimum atomic E-state index is -0.249. The molecular weight excluding hydrogens is 324 g/mol. The van der Waals surface area contributed by atoms with Crippen LogP contribution in [0.25, 0.3) is 11.0 Å². The second kappa shape index (κ2) is 6.60. The molecular formula is C17H20N4O2S. The van der Waals surface area contributed by atoms with Gasteiger partial charge in [0, 0.05) is 11.9 Å². The van der Waals surface area contributed by atoms with Crippen LogP contribution in [0.1, 0.15) is 32.4 Å². The van der Waals surface area contributed by atoms with Crippen molar-refractivity contribution in [3.05, 3.63) is 45.8 Å². The van der Waals surface area contributed by atoms with Crippen LogP contribution in [0.5, 0.6) is 0 Å². The van der Waals surface area contributed by atoms with E-state index in [1.807, 2.05) is 36.6 Å². The third-order valence-corrected chi connectivity index (χ3v) is 4.68. The van der Waals surface area contributed by atoms with Gasteiger partial charge in [-0.05, 0) is 25.0 Å². The second-order valence-electron chi connectivity index (χ2n) is 5.88. The number of rotatable bonds is 5. The number of para-hydroxylation sites is 2. The summed E-state index contributed by atoms with van der Waals surface area (Å²) in [6.07, 6.45) is 0. The maximum Gasteiger partial charge on any atom is 0.329 e. The number of carbonyl (C=O) groups is 1. The van der Waals surface area contributed by atoms with Crippen LogP contribution in [0.3, 0.4) is 0 Å². The van der Waals surface area contributed by atoms with Gasteiger partial charge in [0.1, 0.15) is 6.54 Å². The quantitative estimate of drug-likeness (QED) is 0.773. The van der Waals surface area contributed by atoms with Crippen LogP contribution in [0.15, 0.2) is 34.4 Å². The van der Waals surface area contributed by atoms with Crippen LogP contribution in [-0.4, -0.2) is 20.0 Å². The minimum Gasteiger partial charge on any atom is -0.300 e. The van der Waals surface area contributed by atoms with Crippen LogP contribution in [0.2, 0.25) is 0 Å². The molecule has 6 nitrogen and oxygen atoms in total. The first kappa shape index (κ1) is 16.4. The first-order valence-electron chi connectivity index (χ1n) is 7.94. The molecule has 0 bridgehead atoms. The van der Waals surface area contributed by atoms with Crippen LogP contribution >= 0.6 is 11.3 Å². The summed E-state index contributed by atoms with van der Waals surface area (Å²) in [5.74, 6) is 0.0674. The molecule has 0 saturated heterocycles. The molecule has 1 N–H and O–H groups in total. The van der Waals surface area contributed by atoms with E-state index in [1.165, 1.54) is 15.9 Å². The van der Waals surface area contributed by atoms with E-state index in [2.05, 4.69) is 24.1 Å². The summed E-state index contributed by atoms with van der Waals surface area (Å²) < 4.78 is 3.17. The van der Waals surface area contributed by atoms with Gasteiger partial charge < -0.3 is 5.32 Å². The number of nitrogens with one attached hydrogen (secondary N) is 1. The number of thiazole rings is 1. The lowest BCUT2D eigenvalue weighted by Gasteiger charge is -2.04. The highest BCUT2D eigenvalue weighted by Gasteiger charge is 2.15. The van der Waals surface area contributed by atoms with Crippen molar-refractivity contribution in [3.63, 3.8) is 0 Å². The molecule has 0 aliphatic heterocycles. The Morgan fingerprint density at radius 1 is 1.25 bits per heavy atom. The molecule has 0 atom stereocenters. The number of carbonyl (C=O) groups excluding carboxylic acids is 1. The standard InChI is InChI=1S/C17H20N4O2S/c1-4-20-13-7-5-6-8-14(13)21(17(20)23)9-15(22)19-16-18-12(10-24-16)11(2)3/h5-8,10-11H,4,9H2,1-3H3,(H,18,19,22). The van der Waals surface area contributed by atoms with Crippen molar-refractivity contribution in [1.29, 1.82) is 0 Å². The molecule has 0 unspecified atom stereocenters. The number of imidazole rings is 1. The topological polar surface area (TPSA) is 68.9 Å². The molecule has 3 rings (SSSR count). The molecule has 0 aliphatic carbocycles. The largest absolute Gasteiger partial charge is 0.329 e. The van der Waals surface area contributed by atoms with E-state index in [1.54, 1.807) is 4.57 Å². The van der Waals surface area contributed by atoms with Crippen LogP contribution in [0, 0.1) is 0 Å². The van der Waals surface area contributed by atoms with Gasteiger partial charge in [0.05, 0.1) is 16.7 Å². The molecule has 2 heterocycles. The van der Waals surface area contributed by atoms with Crippen molar-refractivity contribution in [2.24, 2.45) is 0 Å². The predicted octanol–water partition coefficient (Wildman–Crippen LogP) is 3.04. The van der Waals surface area contributed by atoms with Gasteiger partial charge in [-0.25, -0.2) is 9.78 Å². The molecule has 0 fully saturated rings. The minimum absolute atomic E-state index is 0.0249. The van der Waals surface area contributed by atoms with E-state index in [0.717, 1.165) is 16.7 Å². The summed E-state index contributed by atoms with van der Waals surface area (Å²) in [6, 6.07) is 7.51. The van der Waals surface area contributed by atoms with Gasteiger partial charge in [-0.3, -0.25) is 13.9 Å². The predicted molar refractivity (Wildman–Crippen MR) is 96.7 cm³/mol. The van der Waals surface area contributed by atoms with Gasteiger partial charge in [0.25, 0.3) is 0 Å². The molecule has 0 saturated carbocycles. The van der Waals surface area contributed by atoms with E-state index in [0.29, 0.717) is 17.6 Å². The number of anilines is 1. The summed E-state index contributed by atoms with van der Waals surface area (Å²) in [6.45, 7) is 6.57. The highest BCUT2D eigenvalue weighted by Crippen LogP contribution is 2.21. The van der Waals surface area contributed by atoms with Crippen LogP contribution in [-0.2, 0) is 17.9 Å². The number of aryl methyl sites for hydroxylation is 1. The third-order valence-electron chi connectivity index (χ3n) is 3.90. The molecule has 126 valence electrons. The molecule has 2 aromatic heterocycles. The lowest BCUT2D eigenvalue weighted by molar-refractivity contribution is -0.116. The Hall–Kier alpha value is -2.41. The van der Waals surface area contributed by atoms with Gasteiger partial charge in [-0.15, -0.1) is 11.3 Å². The highest BCUT2D eigenvalue weighted by atomic mass is 32.1. The van der Waals surface area contributed by atoms with Crippen molar-refractivity contribution in [2.75, 3.05) is 5.32 Å². The Morgan fingerprint density at radius 2 is 1.92 bits per heavy atom. The molecule has 0 radical (unpaired) electrons. The van der Waals surface area contributed by atoms with Crippen molar-refractivity contribution >= 4 is 33.4 Å². The second-order valence-corrected chi connectivity index (χ2v) is 6.74.